The second-order valence-electron chi connectivity index (χ2n) is 9.02. The number of aliphatic hydroxyl groups is 1. The summed E-state index contributed by atoms with van der Waals surface area (Å²) in [6, 6.07) is 4.94. The molecule has 3 aromatic rings. The van der Waals surface area contributed by atoms with Gasteiger partial charge in [0.2, 0.25) is 5.95 Å². The third-order valence-electron chi connectivity index (χ3n) is 5.20. The fourth-order valence-electron chi connectivity index (χ4n) is 3.77. The smallest absolute Gasteiger partial charge is 0.226 e. The largest absolute Gasteiger partial charge is 0.508 e. The Kier molecular flexibility index (Phi) is 7.40. The average Bonchev–Trinajstić information content (AvgIpc) is 3.10. The van der Waals surface area contributed by atoms with Crippen LogP contribution in [-0.2, 0) is 13.1 Å². The number of rotatable bonds is 11. The number of imidazole rings is 1. The van der Waals surface area contributed by atoms with Crippen LogP contribution in [0.25, 0.3) is 11.2 Å². The maximum absolute atomic E-state index is 10.1. The van der Waals surface area contributed by atoms with Gasteiger partial charge >= 0.3 is 0 Å². The normalized spacial score (nSPS) is 12.8. The summed E-state index contributed by atoms with van der Waals surface area (Å²) in [5, 5.41) is 26.9. The summed E-state index contributed by atoms with van der Waals surface area (Å²) >= 11 is 0. The molecule has 1 atom stereocenters. The van der Waals surface area contributed by atoms with Crippen LogP contribution in [0.2, 0.25) is 0 Å². The van der Waals surface area contributed by atoms with Crippen LogP contribution in [0.3, 0.4) is 0 Å². The highest BCUT2D eigenvalue weighted by atomic mass is 16.3. The predicted molar refractivity (Wildman–Crippen MR) is 129 cm³/mol. The zero-order valence-corrected chi connectivity index (χ0v) is 19.4. The van der Waals surface area contributed by atoms with Gasteiger partial charge in [0.25, 0.3) is 0 Å². The number of aryl methyl sites for hydroxylation is 1. The molecule has 174 valence electrons. The van der Waals surface area contributed by atoms with Gasteiger partial charge in [-0.1, -0.05) is 19.8 Å². The van der Waals surface area contributed by atoms with Crippen molar-refractivity contribution in [1.82, 2.24) is 19.5 Å². The number of hydrogen-bond acceptors (Lipinski definition) is 8. The van der Waals surface area contributed by atoms with Crippen LogP contribution < -0.4 is 16.4 Å². The highest BCUT2D eigenvalue weighted by Gasteiger charge is 2.19. The molecular formula is C23H35N7O2. The number of fused-ring (bicyclic) bond motifs is 1. The minimum absolute atomic E-state index is 0.0327. The molecule has 3 rings (SSSR count). The van der Waals surface area contributed by atoms with Crippen LogP contribution >= 0.6 is 0 Å². The average molecular weight is 442 g/mol. The summed E-state index contributed by atoms with van der Waals surface area (Å²) in [6.45, 7) is 8.89. The molecule has 32 heavy (non-hydrogen) atoms. The lowest BCUT2D eigenvalue weighted by Crippen LogP contribution is -2.29. The molecule has 1 unspecified atom stereocenters. The monoisotopic (exact) mass is 441 g/mol. The van der Waals surface area contributed by atoms with Gasteiger partial charge in [-0.15, -0.1) is 0 Å². The first-order valence-corrected chi connectivity index (χ1v) is 11.2. The molecule has 1 aromatic carbocycles. The molecule has 0 amide bonds. The zero-order chi connectivity index (χ0) is 23.3. The van der Waals surface area contributed by atoms with E-state index in [1.54, 1.807) is 38.4 Å². The second-order valence-corrected chi connectivity index (χ2v) is 9.02. The van der Waals surface area contributed by atoms with Gasteiger partial charge in [-0.05, 0) is 51.8 Å². The van der Waals surface area contributed by atoms with Crippen molar-refractivity contribution in [1.29, 1.82) is 0 Å². The van der Waals surface area contributed by atoms with Gasteiger partial charge in [0.15, 0.2) is 17.0 Å². The minimum atomic E-state index is -0.801. The topological polar surface area (TPSA) is 134 Å². The molecule has 0 fully saturated rings. The van der Waals surface area contributed by atoms with Gasteiger partial charge in [0.1, 0.15) is 5.75 Å². The quantitative estimate of drug-likeness (QED) is 0.172. The predicted octanol–water partition coefficient (Wildman–Crippen LogP) is 3.88. The van der Waals surface area contributed by atoms with Gasteiger partial charge < -0.3 is 31.1 Å². The number of benzene rings is 1. The van der Waals surface area contributed by atoms with Crippen molar-refractivity contribution in [2.75, 3.05) is 16.4 Å². The lowest BCUT2D eigenvalue weighted by atomic mass is 10.0. The summed E-state index contributed by atoms with van der Waals surface area (Å²) in [7, 11) is 0. The third-order valence-corrected chi connectivity index (χ3v) is 5.20. The molecule has 9 nitrogen and oxygen atoms in total. The molecule has 0 saturated carbocycles. The lowest BCUT2D eigenvalue weighted by Gasteiger charge is -2.23. The number of aromatic nitrogens is 4. The zero-order valence-electron chi connectivity index (χ0n) is 19.4. The second kappa shape index (κ2) is 10.0. The molecule has 2 aromatic heterocycles. The molecule has 0 aliphatic rings. The highest BCUT2D eigenvalue weighted by molar-refractivity contribution is 5.84. The molecule has 0 aliphatic heterocycles. The van der Waals surface area contributed by atoms with Gasteiger partial charge in [-0.3, -0.25) is 0 Å². The Morgan fingerprint density at radius 3 is 2.72 bits per heavy atom. The van der Waals surface area contributed by atoms with Crippen molar-refractivity contribution in [3.63, 3.8) is 0 Å². The van der Waals surface area contributed by atoms with Gasteiger partial charge in [0, 0.05) is 30.4 Å². The van der Waals surface area contributed by atoms with E-state index in [-0.39, 0.29) is 11.8 Å². The summed E-state index contributed by atoms with van der Waals surface area (Å²) < 4.78 is 2.04. The van der Waals surface area contributed by atoms with Crippen molar-refractivity contribution >= 4 is 28.6 Å². The molecule has 6 N–H and O–H groups in total. The number of anilines is 3. The Bertz CT molecular complexity index is 1040. The number of aromatic hydroxyl groups is 1. The Balaban J connectivity index is 1.90. The van der Waals surface area contributed by atoms with Crippen LogP contribution in [0.1, 0.15) is 58.9 Å². The first kappa shape index (κ1) is 23.6. The van der Waals surface area contributed by atoms with Gasteiger partial charge in [-0.2, -0.15) is 9.97 Å². The van der Waals surface area contributed by atoms with E-state index in [0.29, 0.717) is 41.5 Å². The first-order valence-electron chi connectivity index (χ1n) is 11.2. The lowest BCUT2D eigenvalue weighted by molar-refractivity contribution is 0.0672. The van der Waals surface area contributed by atoms with E-state index in [2.05, 4.69) is 27.5 Å². The van der Waals surface area contributed by atoms with Gasteiger partial charge in [-0.25, -0.2) is 4.98 Å². The van der Waals surface area contributed by atoms with Gasteiger partial charge in [0.05, 0.1) is 11.9 Å². The Labute approximate surface area is 189 Å². The number of nitrogens with two attached hydrogens (primary N) is 1. The van der Waals surface area contributed by atoms with E-state index in [1.165, 1.54) is 0 Å². The molecule has 2 heterocycles. The molecule has 0 radical (unpaired) electrons. The number of hydrogen-bond donors (Lipinski definition) is 5. The molecule has 0 spiro atoms. The van der Waals surface area contributed by atoms with E-state index in [1.807, 2.05) is 11.5 Å². The van der Waals surface area contributed by atoms with Crippen molar-refractivity contribution in [3.8, 4) is 5.75 Å². The van der Waals surface area contributed by atoms with Crippen molar-refractivity contribution in [2.24, 2.45) is 0 Å². The highest BCUT2D eigenvalue weighted by Crippen LogP contribution is 2.25. The van der Waals surface area contributed by atoms with Crippen molar-refractivity contribution < 1.29 is 10.2 Å². The van der Waals surface area contributed by atoms with Crippen molar-refractivity contribution in [2.45, 2.75) is 78.1 Å². The van der Waals surface area contributed by atoms with Crippen LogP contribution in [0.15, 0.2) is 24.5 Å². The fraction of sp³-hybridized carbons (Fsp3) is 0.522. The number of nitrogens with zero attached hydrogens (tertiary/aromatic N) is 4. The third kappa shape index (κ3) is 6.23. The SMILES string of the molecule is CCCCCn1cnc2c(NCc3cc(N)ccc3O)nc(NC(C)CC(C)(C)O)nc21. The van der Waals surface area contributed by atoms with E-state index < -0.39 is 5.60 Å². The maximum atomic E-state index is 10.1. The van der Waals surface area contributed by atoms with E-state index in [4.69, 9.17) is 10.7 Å². The Hall–Kier alpha value is -3.07. The number of phenols is 1. The Morgan fingerprint density at radius 1 is 1.22 bits per heavy atom. The fourth-order valence-corrected chi connectivity index (χ4v) is 3.77. The summed E-state index contributed by atoms with van der Waals surface area (Å²) in [5.74, 6) is 1.20. The maximum Gasteiger partial charge on any atom is 0.226 e. The number of unbranched alkanes of at least 4 members (excludes halogenated alkanes) is 2. The van der Waals surface area contributed by atoms with Crippen molar-refractivity contribution in [3.05, 3.63) is 30.1 Å². The van der Waals surface area contributed by atoms with E-state index >= 15 is 0 Å². The standard InChI is InChI=1S/C23H35N7O2/c1-5-6-7-10-30-14-26-19-20(25-13-16-11-17(24)8-9-18(16)31)28-22(29-21(19)30)27-15(2)12-23(3,4)32/h8-9,11,14-15,31-32H,5-7,10,12-13,24H2,1-4H3,(H2,25,27,28,29). The molecule has 0 saturated heterocycles. The van der Waals surface area contributed by atoms with Crippen LogP contribution in [-0.4, -0.2) is 41.4 Å². The molecular weight excluding hydrogens is 406 g/mol. The van der Waals surface area contributed by atoms with Crippen LogP contribution in [0, 0.1) is 0 Å². The minimum Gasteiger partial charge on any atom is -0.508 e. The summed E-state index contributed by atoms with van der Waals surface area (Å²) in [5.41, 5.74) is 7.73. The molecule has 0 aliphatic carbocycles. The molecule has 9 heteroatoms. The van der Waals surface area contributed by atoms with E-state index in [9.17, 15) is 10.2 Å². The van der Waals surface area contributed by atoms with Crippen LogP contribution in [0.5, 0.6) is 5.75 Å². The summed E-state index contributed by atoms with van der Waals surface area (Å²) in [6.07, 6.45) is 5.66. The number of nitrogen functional groups attached to an aromatic ring is 1. The van der Waals surface area contributed by atoms with Crippen LogP contribution in [0.4, 0.5) is 17.5 Å². The summed E-state index contributed by atoms with van der Waals surface area (Å²) in [4.78, 5) is 13.9. The van der Waals surface area contributed by atoms with E-state index in [0.717, 1.165) is 31.5 Å². The molecule has 0 bridgehead atoms. The Morgan fingerprint density at radius 2 is 2.00 bits per heavy atom. The first-order chi connectivity index (χ1) is 15.2. The number of phenolic OH excluding ortho intramolecular Hbond substituents is 1. The number of nitrogens with one attached hydrogen (secondary N) is 2.